The molecule has 1 unspecified atom stereocenters. The van der Waals surface area contributed by atoms with Crippen molar-refractivity contribution in [2.45, 2.75) is 75.3 Å². The van der Waals surface area contributed by atoms with Gasteiger partial charge in [0.15, 0.2) is 0 Å². The number of methoxy groups -OCH3 is 1. The summed E-state index contributed by atoms with van der Waals surface area (Å²) in [4.78, 5) is 27.8. The number of ether oxygens (including phenoxy) is 1. The van der Waals surface area contributed by atoms with E-state index in [9.17, 15) is 18.0 Å². The monoisotopic (exact) mass is 484 g/mol. The van der Waals surface area contributed by atoms with Gasteiger partial charge in [-0.15, -0.1) is 0 Å². The number of benzene rings is 2. The number of anilines is 1. The lowest BCUT2D eigenvalue weighted by Gasteiger charge is -2.36. The van der Waals surface area contributed by atoms with Crippen LogP contribution in [0.15, 0.2) is 53.4 Å². The van der Waals surface area contributed by atoms with Gasteiger partial charge in [-0.05, 0) is 60.7 Å². The highest BCUT2D eigenvalue weighted by Gasteiger charge is 2.49. The van der Waals surface area contributed by atoms with Crippen molar-refractivity contribution in [3.05, 3.63) is 54.1 Å². The number of carbonyl (C=O) groups excluding carboxylic acids is 2. The van der Waals surface area contributed by atoms with Gasteiger partial charge >= 0.3 is 0 Å². The van der Waals surface area contributed by atoms with Gasteiger partial charge in [-0.3, -0.25) is 9.59 Å². The Balaban J connectivity index is 1.70. The zero-order chi connectivity index (χ0) is 24.5. The van der Waals surface area contributed by atoms with E-state index in [1.54, 1.807) is 24.3 Å². The SMILES string of the molecule is COc1ccc(S(=O)(=O)N(C2CCCCC2)C2CC(=O)N(c3ccc(C(C)C)cc3)C2=O)cc1. The Labute approximate surface area is 201 Å². The molecular weight excluding hydrogens is 452 g/mol. The first-order chi connectivity index (χ1) is 16.2. The molecule has 2 aromatic rings. The van der Waals surface area contributed by atoms with E-state index >= 15 is 0 Å². The largest absolute Gasteiger partial charge is 0.497 e. The van der Waals surface area contributed by atoms with Crippen molar-refractivity contribution in [3.8, 4) is 5.75 Å². The maximum Gasteiger partial charge on any atom is 0.252 e. The van der Waals surface area contributed by atoms with Gasteiger partial charge in [0.2, 0.25) is 15.9 Å². The summed E-state index contributed by atoms with van der Waals surface area (Å²) in [6.07, 6.45) is 4.03. The second-order valence-corrected chi connectivity index (χ2v) is 11.2. The van der Waals surface area contributed by atoms with E-state index in [1.165, 1.54) is 23.5 Å². The molecule has 1 aliphatic heterocycles. The molecule has 1 saturated heterocycles. The minimum atomic E-state index is -4.01. The number of hydrogen-bond acceptors (Lipinski definition) is 5. The van der Waals surface area contributed by atoms with Crippen LogP contribution in [0.25, 0.3) is 0 Å². The van der Waals surface area contributed by atoms with Gasteiger partial charge in [-0.1, -0.05) is 45.2 Å². The fourth-order valence-electron chi connectivity index (χ4n) is 4.92. The minimum absolute atomic E-state index is 0.0962. The summed E-state index contributed by atoms with van der Waals surface area (Å²) in [5.74, 6) is 0.0116. The Morgan fingerprint density at radius 3 is 2.12 bits per heavy atom. The van der Waals surface area contributed by atoms with Crippen molar-refractivity contribution >= 4 is 27.5 Å². The van der Waals surface area contributed by atoms with E-state index in [0.29, 0.717) is 30.2 Å². The van der Waals surface area contributed by atoms with E-state index in [4.69, 9.17) is 4.74 Å². The molecule has 182 valence electrons. The molecule has 1 aliphatic carbocycles. The standard InChI is InChI=1S/C26H32N2O5S/c1-18(2)19-9-11-20(12-10-19)27-25(29)17-24(26(27)30)28(21-7-5-4-6-8-21)34(31,32)23-15-13-22(33-3)14-16-23/h9-16,18,21,24H,4-8,17H2,1-3H3. The third-order valence-corrected chi connectivity index (χ3v) is 8.79. The number of hydrogen-bond donors (Lipinski definition) is 0. The number of amides is 2. The Morgan fingerprint density at radius 2 is 1.56 bits per heavy atom. The van der Waals surface area contributed by atoms with E-state index in [-0.39, 0.29) is 23.3 Å². The highest BCUT2D eigenvalue weighted by atomic mass is 32.2. The summed E-state index contributed by atoms with van der Waals surface area (Å²) in [7, 11) is -2.49. The van der Waals surface area contributed by atoms with E-state index < -0.39 is 22.0 Å². The molecule has 4 rings (SSSR count). The molecule has 7 nitrogen and oxygen atoms in total. The molecule has 1 heterocycles. The quantitative estimate of drug-likeness (QED) is 0.541. The molecule has 8 heteroatoms. The lowest BCUT2D eigenvalue weighted by atomic mass is 9.94. The second kappa shape index (κ2) is 9.88. The van der Waals surface area contributed by atoms with Crippen molar-refractivity contribution in [1.29, 1.82) is 0 Å². The van der Waals surface area contributed by atoms with Gasteiger partial charge in [-0.25, -0.2) is 13.3 Å². The number of imide groups is 1. The third-order valence-electron chi connectivity index (χ3n) is 6.82. The van der Waals surface area contributed by atoms with Crippen LogP contribution < -0.4 is 9.64 Å². The van der Waals surface area contributed by atoms with Crippen molar-refractivity contribution in [2.24, 2.45) is 0 Å². The zero-order valence-electron chi connectivity index (χ0n) is 19.9. The van der Waals surface area contributed by atoms with Gasteiger partial charge in [0.25, 0.3) is 5.91 Å². The molecule has 1 atom stereocenters. The van der Waals surface area contributed by atoms with Crippen molar-refractivity contribution in [1.82, 2.24) is 4.31 Å². The average Bonchev–Trinajstić information content (AvgIpc) is 3.13. The van der Waals surface area contributed by atoms with Crippen LogP contribution in [0.5, 0.6) is 5.75 Å². The highest BCUT2D eigenvalue weighted by molar-refractivity contribution is 7.89. The van der Waals surface area contributed by atoms with Gasteiger partial charge in [-0.2, -0.15) is 4.31 Å². The summed E-state index contributed by atoms with van der Waals surface area (Å²) in [5, 5.41) is 0. The van der Waals surface area contributed by atoms with Gasteiger partial charge in [0.05, 0.1) is 24.1 Å². The summed E-state index contributed by atoms with van der Waals surface area (Å²) < 4.78 is 34.2. The Morgan fingerprint density at radius 1 is 0.941 bits per heavy atom. The van der Waals surface area contributed by atoms with Crippen LogP contribution in [0.3, 0.4) is 0 Å². The van der Waals surface area contributed by atoms with Crippen molar-refractivity contribution < 1.29 is 22.7 Å². The number of sulfonamides is 1. The molecule has 2 aromatic carbocycles. The van der Waals surface area contributed by atoms with Crippen LogP contribution in [0.2, 0.25) is 0 Å². The molecule has 2 fully saturated rings. The predicted molar refractivity (Wildman–Crippen MR) is 130 cm³/mol. The molecule has 0 bridgehead atoms. The lowest BCUT2D eigenvalue weighted by molar-refractivity contribution is -0.122. The zero-order valence-corrected chi connectivity index (χ0v) is 20.8. The number of carbonyl (C=O) groups is 2. The molecular formula is C26H32N2O5S. The van der Waals surface area contributed by atoms with Crippen LogP contribution >= 0.6 is 0 Å². The Bertz CT molecular complexity index is 1140. The molecule has 2 aliphatic rings. The number of nitrogens with zero attached hydrogens (tertiary/aromatic N) is 2. The summed E-state index contributed by atoms with van der Waals surface area (Å²) in [5.41, 5.74) is 1.58. The molecule has 2 amide bonds. The first-order valence-electron chi connectivity index (χ1n) is 11.9. The molecule has 0 radical (unpaired) electrons. The molecule has 0 spiro atoms. The average molecular weight is 485 g/mol. The highest BCUT2D eigenvalue weighted by Crippen LogP contribution is 2.35. The van der Waals surface area contributed by atoms with E-state index in [2.05, 4.69) is 13.8 Å². The molecule has 34 heavy (non-hydrogen) atoms. The van der Waals surface area contributed by atoms with Crippen LogP contribution in [0, 0.1) is 0 Å². The van der Waals surface area contributed by atoms with Gasteiger partial charge in [0, 0.05) is 6.04 Å². The van der Waals surface area contributed by atoms with Gasteiger partial charge < -0.3 is 4.74 Å². The predicted octanol–water partition coefficient (Wildman–Crippen LogP) is 4.47. The summed E-state index contributed by atoms with van der Waals surface area (Å²) in [6.45, 7) is 4.15. The molecule has 1 saturated carbocycles. The number of rotatable bonds is 7. The van der Waals surface area contributed by atoms with Crippen molar-refractivity contribution in [3.63, 3.8) is 0 Å². The Kier molecular flexibility index (Phi) is 7.09. The summed E-state index contributed by atoms with van der Waals surface area (Å²) in [6, 6.07) is 12.1. The molecule has 0 N–H and O–H groups in total. The van der Waals surface area contributed by atoms with E-state index in [0.717, 1.165) is 29.7 Å². The maximum atomic E-state index is 13.8. The van der Waals surface area contributed by atoms with Crippen LogP contribution in [-0.2, 0) is 19.6 Å². The summed E-state index contributed by atoms with van der Waals surface area (Å²) >= 11 is 0. The fourth-order valence-corrected chi connectivity index (χ4v) is 6.74. The van der Waals surface area contributed by atoms with Crippen molar-refractivity contribution in [2.75, 3.05) is 12.0 Å². The van der Waals surface area contributed by atoms with Crippen LogP contribution in [0.1, 0.15) is 63.9 Å². The van der Waals surface area contributed by atoms with Gasteiger partial charge in [0.1, 0.15) is 11.8 Å². The molecule has 0 aromatic heterocycles. The van der Waals surface area contributed by atoms with E-state index in [1.807, 2.05) is 12.1 Å². The first-order valence-corrected chi connectivity index (χ1v) is 13.3. The normalized spacial score (nSPS) is 19.9. The topological polar surface area (TPSA) is 84.0 Å². The Hall–Kier alpha value is -2.71. The fraction of sp³-hybridized carbons (Fsp3) is 0.462. The maximum absolute atomic E-state index is 13.8. The lowest BCUT2D eigenvalue weighted by Crippen LogP contribution is -2.51. The third kappa shape index (κ3) is 4.61. The van der Waals surface area contributed by atoms with Crippen LogP contribution in [0.4, 0.5) is 5.69 Å². The smallest absolute Gasteiger partial charge is 0.252 e. The minimum Gasteiger partial charge on any atom is -0.497 e. The first kappa shape index (κ1) is 24.4. The second-order valence-electron chi connectivity index (χ2n) is 9.34. The van der Waals surface area contributed by atoms with Crippen LogP contribution in [-0.4, -0.2) is 43.7 Å².